The highest BCUT2D eigenvalue weighted by Gasteiger charge is 2.14. The second kappa shape index (κ2) is 4.38. The van der Waals surface area contributed by atoms with E-state index in [-0.39, 0.29) is 11.4 Å². The van der Waals surface area contributed by atoms with Crippen molar-refractivity contribution in [2.45, 2.75) is 0 Å². The van der Waals surface area contributed by atoms with Crippen LogP contribution in [0.15, 0.2) is 23.0 Å². The molecule has 1 aliphatic heterocycles. The molecule has 0 unspecified atom stereocenters. The van der Waals surface area contributed by atoms with Crippen LogP contribution in [0, 0.1) is 5.82 Å². The smallest absolute Gasteiger partial charge is 0.260 e. The molecule has 18 heavy (non-hydrogen) atoms. The van der Waals surface area contributed by atoms with Crippen molar-refractivity contribution < 1.29 is 4.39 Å². The van der Waals surface area contributed by atoms with Crippen molar-refractivity contribution in [1.82, 2.24) is 15.3 Å². The molecule has 3 rings (SSSR count). The summed E-state index contributed by atoms with van der Waals surface area (Å²) in [5.41, 5.74) is 0.167. The number of aromatic nitrogens is 2. The molecule has 0 amide bonds. The Morgan fingerprint density at radius 3 is 2.83 bits per heavy atom. The third kappa shape index (κ3) is 1.95. The number of hydrogen-bond donors (Lipinski definition) is 2. The highest BCUT2D eigenvalue weighted by atomic mass is 19.1. The Hall–Kier alpha value is -1.95. The zero-order chi connectivity index (χ0) is 12.5. The van der Waals surface area contributed by atoms with Crippen LogP contribution in [0.3, 0.4) is 0 Å². The first-order chi connectivity index (χ1) is 8.74. The second-order valence-corrected chi connectivity index (χ2v) is 4.29. The van der Waals surface area contributed by atoms with Crippen LogP contribution in [0.2, 0.25) is 0 Å². The van der Waals surface area contributed by atoms with E-state index < -0.39 is 0 Å². The average molecular weight is 248 g/mol. The topological polar surface area (TPSA) is 61.0 Å². The number of piperazine rings is 1. The number of H-pyrrole nitrogens is 1. The number of aromatic amines is 1. The predicted octanol–water partition coefficient (Wildman–Crippen LogP) is 0.472. The number of nitrogens with zero attached hydrogens (tertiary/aromatic N) is 2. The fraction of sp³-hybridized carbons (Fsp3) is 0.333. The van der Waals surface area contributed by atoms with Gasteiger partial charge in [0.1, 0.15) is 5.82 Å². The van der Waals surface area contributed by atoms with Gasteiger partial charge < -0.3 is 10.2 Å². The lowest BCUT2D eigenvalue weighted by Crippen LogP contribution is -2.44. The summed E-state index contributed by atoms with van der Waals surface area (Å²) in [7, 11) is 0. The van der Waals surface area contributed by atoms with Crippen LogP contribution in [0.25, 0.3) is 10.9 Å². The van der Waals surface area contributed by atoms with E-state index in [1.807, 2.05) is 4.90 Å². The molecule has 1 saturated heterocycles. The van der Waals surface area contributed by atoms with Crippen LogP contribution in [0.5, 0.6) is 0 Å². The third-order valence-corrected chi connectivity index (χ3v) is 3.07. The van der Waals surface area contributed by atoms with Gasteiger partial charge in [-0.3, -0.25) is 9.78 Å². The number of fused-ring (bicyclic) bond motifs is 1. The van der Waals surface area contributed by atoms with E-state index in [2.05, 4.69) is 15.3 Å². The summed E-state index contributed by atoms with van der Waals surface area (Å²) in [6, 6.07) is 4.01. The number of rotatable bonds is 1. The molecule has 0 radical (unpaired) electrons. The number of anilines is 1. The van der Waals surface area contributed by atoms with Gasteiger partial charge in [0.05, 0.1) is 10.9 Å². The normalized spacial score (nSPS) is 16.2. The van der Waals surface area contributed by atoms with Crippen LogP contribution >= 0.6 is 0 Å². The van der Waals surface area contributed by atoms with Gasteiger partial charge in [-0.05, 0) is 12.1 Å². The van der Waals surface area contributed by atoms with Gasteiger partial charge in [-0.15, -0.1) is 0 Å². The Balaban J connectivity index is 2.10. The quantitative estimate of drug-likeness (QED) is 0.770. The molecule has 1 aromatic carbocycles. The fourth-order valence-corrected chi connectivity index (χ4v) is 2.13. The predicted molar refractivity (Wildman–Crippen MR) is 67.4 cm³/mol. The maximum Gasteiger partial charge on any atom is 0.260 e. The Bertz CT molecular complexity index is 634. The lowest BCUT2D eigenvalue weighted by atomic mass is 10.2. The summed E-state index contributed by atoms with van der Waals surface area (Å²) < 4.78 is 13.2. The van der Waals surface area contributed by atoms with Gasteiger partial charge in [-0.1, -0.05) is 0 Å². The molecular weight excluding hydrogens is 235 g/mol. The molecule has 2 aromatic rings. The molecule has 6 heteroatoms. The minimum atomic E-state index is -0.383. The zero-order valence-corrected chi connectivity index (χ0v) is 9.74. The average Bonchev–Trinajstić information content (AvgIpc) is 2.39. The maximum atomic E-state index is 13.2. The maximum absolute atomic E-state index is 13.2. The van der Waals surface area contributed by atoms with Gasteiger partial charge in [0.25, 0.3) is 5.56 Å². The molecule has 5 nitrogen and oxygen atoms in total. The monoisotopic (exact) mass is 248 g/mol. The van der Waals surface area contributed by atoms with Crippen LogP contribution in [-0.2, 0) is 0 Å². The summed E-state index contributed by atoms with van der Waals surface area (Å²) in [6.45, 7) is 3.27. The second-order valence-electron chi connectivity index (χ2n) is 4.29. The van der Waals surface area contributed by atoms with Gasteiger partial charge in [0, 0.05) is 32.2 Å². The van der Waals surface area contributed by atoms with Crippen molar-refractivity contribution >= 4 is 16.9 Å². The van der Waals surface area contributed by atoms with E-state index in [4.69, 9.17) is 0 Å². The Kier molecular flexibility index (Phi) is 2.71. The fourth-order valence-electron chi connectivity index (χ4n) is 2.13. The zero-order valence-electron chi connectivity index (χ0n) is 9.74. The van der Waals surface area contributed by atoms with Crippen molar-refractivity contribution in [3.05, 3.63) is 34.4 Å². The summed E-state index contributed by atoms with van der Waals surface area (Å²) >= 11 is 0. The molecule has 1 fully saturated rings. The highest BCUT2D eigenvalue weighted by molar-refractivity contribution is 5.78. The lowest BCUT2D eigenvalue weighted by molar-refractivity contribution is 0.580. The van der Waals surface area contributed by atoms with E-state index in [9.17, 15) is 9.18 Å². The van der Waals surface area contributed by atoms with Crippen molar-refractivity contribution in [3.63, 3.8) is 0 Å². The summed E-state index contributed by atoms with van der Waals surface area (Å²) in [6.07, 6.45) is 0. The van der Waals surface area contributed by atoms with Crippen LogP contribution < -0.4 is 15.8 Å². The van der Waals surface area contributed by atoms with Crippen LogP contribution in [0.4, 0.5) is 10.3 Å². The lowest BCUT2D eigenvalue weighted by Gasteiger charge is -2.27. The number of nitrogens with one attached hydrogen (secondary N) is 2. The summed E-state index contributed by atoms with van der Waals surface area (Å²) in [5, 5.41) is 3.64. The van der Waals surface area contributed by atoms with Crippen LogP contribution in [0.1, 0.15) is 0 Å². The van der Waals surface area contributed by atoms with Gasteiger partial charge in [0.15, 0.2) is 0 Å². The molecule has 0 saturated carbocycles. The first kappa shape index (κ1) is 11.2. The van der Waals surface area contributed by atoms with E-state index in [0.29, 0.717) is 16.9 Å². The van der Waals surface area contributed by atoms with Gasteiger partial charge in [-0.2, -0.15) is 0 Å². The number of hydrogen-bond acceptors (Lipinski definition) is 4. The molecule has 2 heterocycles. The van der Waals surface area contributed by atoms with Crippen molar-refractivity contribution in [3.8, 4) is 0 Å². The SMILES string of the molecule is O=c1[nH]c(N2CCNCC2)nc2cc(F)ccc12. The molecular formula is C12H13FN4O. The Morgan fingerprint density at radius 1 is 1.28 bits per heavy atom. The molecule has 2 N–H and O–H groups in total. The standard InChI is InChI=1S/C12H13FN4O/c13-8-1-2-9-10(7-8)15-12(16-11(9)18)17-5-3-14-4-6-17/h1-2,7,14H,3-6H2,(H,15,16,18). The van der Waals surface area contributed by atoms with Gasteiger partial charge in [0.2, 0.25) is 5.95 Å². The van der Waals surface area contributed by atoms with E-state index in [1.54, 1.807) is 0 Å². The number of benzene rings is 1. The van der Waals surface area contributed by atoms with Gasteiger partial charge >= 0.3 is 0 Å². The third-order valence-electron chi connectivity index (χ3n) is 3.07. The molecule has 0 spiro atoms. The first-order valence-electron chi connectivity index (χ1n) is 5.89. The molecule has 0 aliphatic carbocycles. The van der Waals surface area contributed by atoms with Crippen molar-refractivity contribution in [1.29, 1.82) is 0 Å². The minimum Gasteiger partial charge on any atom is -0.340 e. The number of halogens is 1. The summed E-state index contributed by atoms with van der Waals surface area (Å²) in [4.78, 5) is 21.0. The van der Waals surface area contributed by atoms with E-state index in [1.165, 1.54) is 18.2 Å². The van der Waals surface area contributed by atoms with E-state index in [0.717, 1.165) is 26.2 Å². The van der Waals surface area contributed by atoms with Crippen molar-refractivity contribution in [2.24, 2.45) is 0 Å². The van der Waals surface area contributed by atoms with E-state index >= 15 is 0 Å². The van der Waals surface area contributed by atoms with Crippen molar-refractivity contribution in [2.75, 3.05) is 31.1 Å². The molecule has 1 aromatic heterocycles. The summed E-state index contributed by atoms with van der Waals surface area (Å²) in [5.74, 6) is 0.131. The molecule has 0 atom stereocenters. The molecule has 0 bridgehead atoms. The Labute approximate surface area is 103 Å². The molecule has 94 valence electrons. The molecule has 1 aliphatic rings. The first-order valence-corrected chi connectivity index (χ1v) is 5.89. The largest absolute Gasteiger partial charge is 0.340 e. The highest BCUT2D eigenvalue weighted by Crippen LogP contribution is 2.13. The Morgan fingerprint density at radius 2 is 2.06 bits per heavy atom. The minimum absolute atomic E-state index is 0.228. The van der Waals surface area contributed by atoms with Gasteiger partial charge in [-0.25, -0.2) is 9.37 Å². The van der Waals surface area contributed by atoms with Crippen LogP contribution in [-0.4, -0.2) is 36.1 Å².